The number of nitrogens with one attached hydrogen (secondary N) is 1. The maximum atomic E-state index is 13.2. The SMILES string of the molecule is CC1C(C(=O)NN2CCCCC2)=NN(c2ccc(Cl)cc2Cl)C1c1ccc(S(=O)(=O)CCC(F)(F)F)cc1. The molecule has 0 aromatic heterocycles. The van der Waals surface area contributed by atoms with E-state index in [1.807, 2.05) is 11.9 Å². The molecule has 7 nitrogen and oxygen atoms in total. The van der Waals surface area contributed by atoms with Gasteiger partial charge in [-0.05, 0) is 48.7 Å². The minimum Gasteiger partial charge on any atom is -0.284 e. The molecular formula is C25H27Cl2F3N4O3S. The molecule has 1 amide bonds. The number of sulfone groups is 1. The lowest BCUT2D eigenvalue weighted by Gasteiger charge is -2.28. The summed E-state index contributed by atoms with van der Waals surface area (Å²) in [6, 6.07) is 9.94. The van der Waals surface area contributed by atoms with Gasteiger partial charge in [-0.1, -0.05) is 48.7 Å². The van der Waals surface area contributed by atoms with E-state index in [4.69, 9.17) is 23.2 Å². The van der Waals surface area contributed by atoms with E-state index in [9.17, 15) is 26.4 Å². The number of nitrogens with zero attached hydrogens (tertiary/aromatic N) is 3. The molecule has 206 valence electrons. The fourth-order valence-corrected chi connectivity index (χ4v) is 6.41. The molecule has 2 heterocycles. The van der Waals surface area contributed by atoms with Crippen molar-refractivity contribution in [3.8, 4) is 0 Å². The normalized spacial score (nSPS) is 20.9. The van der Waals surface area contributed by atoms with Gasteiger partial charge in [0.05, 0.1) is 33.8 Å². The monoisotopic (exact) mass is 590 g/mol. The Labute approximate surface area is 229 Å². The number of rotatable bonds is 7. The van der Waals surface area contributed by atoms with E-state index in [1.165, 1.54) is 24.3 Å². The van der Waals surface area contributed by atoms with Crippen molar-refractivity contribution in [3.63, 3.8) is 0 Å². The number of hydrazine groups is 1. The number of hydrogen-bond acceptors (Lipinski definition) is 6. The van der Waals surface area contributed by atoms with Gasteiger partial charge in [0.15, 0.2) is 9.84 Å². The van der Waals surface area contributed by atoms with Gasteiger partial charge in [0.1, 0.15) is 5.71 Å². The Hall–Kier alpha value is -2.34. The highest BCUT2D eigenvalue weighted by Gasteiger charge is 2.40. The topological polar surface area (TPSA) is 82.1 Å². The molecule has 2 aliphatic rings. The molecule has 0 aliphatic carbocycles. The van der Waals surface area contributed by atoms with Crippen LogP contribution in [0.1, 0.15) is 44.2 Å². The largest absolute Gasteiger partial charge is 0.390 e. The molecule has 4 rings (SSSR count). The number of hydrogen-bond donors (Lipinski definition) is 1. The Balaban J connectivity index is 1.64. The fourth-order valence-electron chi connectivity index (χ4n) is 4.63. The molecule has 2 aromatic rings. The molecule has 2 unspecified atom stereocenters. The number of benzene rings is 2. The van der Waals surface area contributed by atoms with Crippen LogP contribution in [0.4, 0.5) is 18.9 Å². The van der Waals surface area contributed by atoms with E-state index in [1.54, 1.807) is 23.2 Å². The third-order valence-electron chi connectivity index (χ3n) is 6.62. The zero-order chi connectivity index (χ0) is 27.7. The van der Waals surface area contributed by atoms with Crippen molar-refractivity contribution in [2.45, 2.75) is 49.7 Å². The lowest BCUT2D eigenvalue weighted by molar-refractivity contribution is -0.130. The van der Waals surface area contributed by atoms with Crippen LogP contribution in [0.25, 0.3) is 0 Å². The summed E-state index contributed by atoms with van der Waals surface area (Å²) in [6.07, 6.45) is -2.93. The van der Waals surface area contributed by atoms with E-state index in [0.29, 0.717) is 21.3 Å². The number of anilines is 1. The lowest BCUT2D eigenvalue weighted by atomic mass is 9.91. The van der Waals surface area contributed by atoms with Crippen LogP contribution in [-0.2, 0) is 14.6 Å². The van der Waals surface area contributed by atoms with Crippen LogP contribution in [0, 0.1) is 5.92 Å². The molecule has 0 bridgehead atoms. The Morgan fingerprint density at radius 3 is 2.34 bits per heavy atom. The van der Waals surface area contributed by atoms with Crippen molar-refractivity contribution >= 4 is 50.3 Å². The first-order valence-electron chi connectivity index (χ1n) is 12.1. The highest BCUT2D eigenvalue weighted by molar-refractivity contribution is 7.91. The number of halogens is 5. The van der Waals surface area contributed by atoms with E-state index in [0.717, 1.165) is 32.4 Å². The Morgan fingerprint density at radius 1 is 1.08 bits per heavy atom. The molecule has 2 atom stereocenters. The summed E-state index contributed by atoms with van der Waals surface area (Å²) >= 11 is 12.5. The van der Waals surface area contributed by atoms with Gasteiger partial charge in [-0.15, -0.1) is 0 Å². The van der Waals surface area contributed by atoms with Gasteiger partial charge in [0.2, 0.25) is 0 Å². The summed E-state index contributed by atoms with van der Waals surface area (Å²) in [6.45, 7) is 3.32. The van der Waals surface area contributed by atoms with E-state index < -0.39 is 40.1 Å². The third kappa shape index (κ3) is 6.62. The number of amides is 1. The summed E-state index contributed by atoms with van der Waals surface area (Å²) in [5.41, 5.74) is 4.31. The predicted molar refractivity (Wildman–Crippen MR) is 141 cm³/mol. The maximum Gasteiger partial charge on any atom is 0.390 e. The molecule has 38 heavy (non-hydrogen) atoms. The standard InChI is InChI=1S/C25H27Cl2F3N4O3S/c1-16-22(24(35)32-33-12-3-2-4-13-33)31-34(21-10-7-18(26)15-20(21)27)23(16)17-5-8-19(9-6-17)38(36,37)14-11-25(28,29)30/h5-10,15-16,23H,2-4,11-14H2,1H3,(H,32,35). The molecule has 0 saturated carbocycles. The fraction of sp³-hybridized carbons (Fsp3) is 0.440. The number of piperidine rings is 1. The lowest BCUT2D eigenvalue weighted by Crippen LogP contribution is -2.48. The van der Waals surface area contributed by atoms with Crippen LogP contribution in [-0.4, -0.2) is 50.1 Å². The molecule has 1 fully saturated rings. The van der Waals surface area contributed by atoms with Gasteiger partial charge < -0.3 is 0 Å². The van der Waals surface area contributed by atoms with Gasteiger partial charge in [-0.2, -0.15) is 18.3 Å². The summed E-state index contributed by atoms with van der Waals surface area (Å²) in [7, 11) is -4.13. The van der Waals surface area contributed by atoms with Crippen LogP contribution in [0.15, 0.2) is 52.5 Å². The van der Waals surface area contributed by atoms with Crippen LogP contribution in [0.3, 0.4) is 0 Å². The van der Waals surface area contributed by atoms with Gasteiger partial charge in [0, 0.05) is 24.0 Å². The van der Waals surface area contributed by atoms with Gasteiger partial charge in [-0.25, -0.2) is 13.4 Å². The van der Waals surface area contributed by atoms with Crippen molar-refractivity contribution in [3.05, 3.63) is 58.1 Å². The quantitative estimate of drug-likeness (QED) is 0.441. The van der Waals surface area contributed by atoms with E-state index in [-0.39, 0.29) is 16.5 Å². The summed E-state index contributed by atoms with van der Waals surface area (Å²) in [4.78, 5) is 13.0. The highest BCUT2D eigenvalue weighted by atomic mass is 35.5. The predicted octanol–water partition coefficient (Wildman–Crippen LogP) is 5.79. The number of carbonyl (C=O) groups is 1. The van der Waals surface area contributed by atoms with Gasteiger partial charge in [0.25, 0.3) is 5.91 Å². The van der Waals surface area contributed by atoms with Crippen molar-refractivity contribution in [1.82, 2.24) is 10.4 Å². The second-order valence-corrected chi connectivity index (χ2v) is 12.4. The zero-order valence-electron chi connectivity index (χ0n) is 20.5. The first-order chi connectivity index (χ1) is 17.9. The molecule has 13 heteroatoms. The first kappa shape index (κ1) is 28.7. The molecule has 1 N–H and O–H groups in total. The second-order valence-electron chi connectivity index (χ2n) is 9.40. The van der Waals surface area contributed by atoms with Crippen molar-refractivity contribution < 1.29 is 26.4 Å². The number of carbonyl (C=O) groups excluding carboxylic acids is 1. The average molecular weight is 591 g/mol. The van der Waals surface area contributed by atoms with Crippen molar-refractivity contribution in [1.29, 1.82) is 0 Å². The maximum absolute atomic E-state index is 13.2. The van der Waals surface area contributed by atoms with Crippen LogP contribution in [0.2, 0.25) is 10.0 Å². The van der Waals surface area contributed by atoms with E-state index >= 15 is 0 Å². The molecule has 2 aromatic carbocycles. The molecular weight excluding hydrogens is 564 g/mol. The Kier molecular flexibility index (Phi) is 8.61. The molecule has 0 spiro atoms. The van der Waals surface area contributed by atoms with Crippen molar-refractivity contribution in [2.75, 3.05) is 23.9 Å². The highest BCUT2D eigenvalue weighted by Crippen LogP contribution is 2.42. The molecule has 2 aliphatic heterocycles. The Bertz CT molecular complexity index is 1310. The molecule has 0 radical (unpaired) electrons. The average Bonchev–Trinajstić information content (AvgIpc) is 3.20. The van der Waals surface area contributed by atoms with E-state index in [2.05, 4.69) is 10.5 Å². The summed E-state index contributed by atoms with van der Waals surface area (Å²) in [5.74, 6) is -1.81. The van der Waals surface area contributed by atoms with Crippen molar-refractivity contribution in [2.24, 2.45) is 11.0 Å². The number of hydrazone groups is 1. The second kappa shape index (κ2) is 11.4. The minimum absolute atomic E-state index is 0.212. The zero-order valence-corrected chi connectivity index (χ0v) is 22.8. The molecule has 1 saturated heterocycles. The Morgan fingerprint density at radius 2 is 1.74 bits per heavy atom. The number of alkyl halides is 3. The van der Waals surface area contributed by atoms with Crippen LogP contribution < -0.4 is 10.4 Å². The van der Waals surface area contributed by atoms with Gasteiger partial charge in [-0.3, -0.25) is 15.2 Å². The summed E-state index contributed by atoms with van der Waals surface area (Å²) < 4.78 is 62.7. The first-order valence-corrected chi connectivity index (χ1v) is 14.5. The third-order valence-corrected chi connectivity index (χ3v) is 8.89. The smallest absolute Gasteiger partial charge is 0.284 e. The van der Waals surface area contributed by atoms with Gasteiger partial charge >= 0.3 is 6.18 Å². The van der Waals surface area contributed by atoms with Crippen LogP contribution >= 0.6 is 23.2 Å². The van der Waals surface area contributed by atoms with Crippen LogP contribution in [0.5, 0.6) is 0 Å². The minimum atomic E-state index is -4.58. The summed E-state index contributed by atoms with van der Waals surface area (Å²) in [5, 5.41) is 8.82.